The molecule has 1 aliphatic rings. The second kappa shape index (κ2) is 5.88. The Morgan fingerprint density at radius 2 is 1.95 bits per heavy atom. The van der Waals surface area contributed by atoms with E-state index in [0.717, 1.165) is 12.0 Å². The van der Waals surface area contributed by atoms with Crippen LogP contribution >= 0.6 is 0 Å². The molecule has 0 radical (unpaired) electrons. The third kappa shape index (κ3) is 2.94. The fourth-order valence-electron chi connectivity index (χ4n) is 3.35. The molecular weight excluding hydrogens is 264 g/mol. The maximum absolute atomic E-state index is 12.5. The third-order valence-corrected chi connectivity index (χ3v) is 4.62. The predicted octanol–water partition coefficient (Wildman–Crippen LogP) is 2.97. The summed E-state index contributed by atoms with van der Waals surface area (Å²) in [6.07, 6.45) is 7.30. The highest BCUT2D eigenvalue weighted by Gasteiger charge is 2.15. The van der Waals surface area contributed by atoms with Gasteiger partial charge in [0.1, 0.15) is 0 Å². The molecule has 1 N–H and O–H groups in total. The minimum Gasteiger partial charge on any atom is -0.307 e. The highest BCUT2D eigenvalue weighted by Crippen LogP contribution is 2.26. The summed E-state index contributed by atoms with van der Waals surface area (Å²) in [6, 6.07) is 5.56. The molecule has 0 unspecified atom stereocenters. The third-order valence-electron chi connectivity index (χ3n) is 4.62. The van der Waals surface area contributed by atoms with E-state index in [4.69, 9.17) is 0 Å². The minimum absolute atomic E-state index is 0.159. The van der Waals surface area contributed by atoms with E-state index in [9.17, 15) is 9.59 Å². The Bertz CT molecular complexity index is 751. The quantitative estimate of drug-likeness (QED) is 0.943. The Hall–Kier alpha value is -1.84. The van der Waals surface area contributed by atoms with Gasteiger partial charge in [0.15, 0.2) is 0 Å². The summed E-state index contributed by atoms with van der Waals surface area (Å²) in [5, 5.41) is 0.609. The fourth-order valence-corrected chi connectivity index (χ4v) is 3.35. The van der Waals surface area contributed by atoms with Gasteiger partial charge in [0.25, 0.3) is 5.56 Å². The first-order chi connectivity index (χ1) is 10.1. The molecule has 0 aliphatic heterocycles. The first-order valence-electron chi connectivity index (χ1n) is 7.88. The van der Waals surface area contributed by atoms with Crippen molar-refractivity contribution < 1.29 is 0 Å². The second-order valence-corrected chi connectivity index (χ2v) is 6.23. The van der Waals surface area contributed by atoms with E-state index < -0.39 is 0 Å². The van der Waals surface area contributed by atoms with Gasteiger partial charge < -0.3 is 4.98 Å². The van der Waals surface area contributed by atoms with Gasteiger partial charge in [-0.1, -0.05) is 43.7 Å². The van der Waals surface area contributed by atoms with Crippen molar-refractivity contribution in [3.8, 4) is 0 Å². The van der Waals surface area contributed by atoms with Gasteiger partial charge in [-0.3, -0.25) is 9.36 Å². The molecule has 4 heteroatoms. The Morgan fingerprint density at radius 3 is 2.71 bits per heavy atom. The summed E-state index contributed by atoms with van der Waals surface area (Å²) >= 11 is 0. The zero-order valence-corrected chi connectivity index (χ0v) is 12.5. The van der Waals surface area contributed by atoms with E-state index >= 15 is 0 Å². The number of benzene rings is 1. The normalized spacial score (nSPS) is 16.4. The molecular formula is C17H22N2O2. The Kier molecular flexibility index (Phi) is 3.95. The molecule has 4 nitrogen and oxygen atoms in total. The van der Waals surface area contributed by atoms with E-state index in [1.807, 2.05) is 19.1 Å². The number of fused-ring (bicyclic) bond motifs is 1. The summed E-state index contributed by atoms with van der Waals surface area (Å²) in [5.74, 6) is 0.665. The fraction of sp³-hybridized carbons (Fsp3) is 0.529. The zero-order valence-electron chi connectivity index (χ0n) is 12.5. The van der Waals surface area contributed by atoms with Crippen LogP contribution in [-0.2, 0) is 6.54 Å². The topological polar surface area (TPSA) is 54.9 Å². The van der Waals surface area contributed by atoms with Crippen LogP contribution in [-0.4, -0.2) is 9.55 Å². The van der Waals surface area contributed by atoms with E-state index in [1.165, 1.54) is 36.7 Å². The van der Waals surface area contributed by atoms with Crippen LogP contribution in [0.4, 0.5) is 0 Å². The van der Waals surface area contributed by atoms with Crippen LogP contribution in [0.1, 0.15) is 44.1 Å². The summed E-state index contributed by atoms with van der Waals surface area (Å²) < 4.78 is 1.37. The number of nitrogens with one attached hydrogen (secondary N) is 1. The van der Waals surface area contributed by atoms with Crippen molar-refractivity contribution in [1.82, 2.24) is 9.55 Å². The van der Waals surface area contributed by atoms with Gasteiger partial charge in [-0.15, -0.1) is 0 Å². The van der Waals surface area contributed by atoms with Crippen LogP contribution in [0.3, 0.4) is 0 Å². The lowest BCUT2D eigenvalue weighted by Gasteiger charge is -2.21. The lowest BCUT2D eigenvalue weighted by molar-refractivity contribution is 0.321. The highest BCUT2D eigenvalue weighted by atomic mass is 16.2. The lowest BCUT2D eigenvalue weighted by Crippen LogP contribution is -2.35. The molecule has 0 spiro atoms. The molecule has 1 saturated carbocycles. The van der Waals surface area contributed by atoms with Crippen LogP contribution in [0.25, 0.3) is 10.9 Å². The first kappa shape index (κ1) is 14.1. The van der Waals surface area contributed by atoms with Crippen molar-refractivity contribution in [2.75, 3.05) is 0 Å². The molecule has 112 valence electrons. The van der Waals surface area contributed by atoms with E-state index in [1.54, 1.807) is 6.07 Å². The van der Waals surface area contributed by atoms with Gasteiger partial charge in [0.05, 0.1) is 10.9 Å². The van der Waals surface area contributed by atoms with Crippen molar-refractivity contribution in [1.29, 1.82) is 0 Å². The Labute approximate surface area is 123 Å². The molecule has 1 aromatic carbocycles. The maximum atomic E-state index is 12.5. The Morgan fingerprint density at radius 1 is 1.19 bits per heavy atom. The number of aromatic nitrogens is 2. The average Bonchev–Trinajstić information content (AvgIpc) is 2.49. The lowest BCUT2D eigenvalue weighted by atomic mass is 9.87. The minimum atomic E-state index is -0.285. The van der Waals surface area contributed by atoms with Crippen LogP contribution in [0.2, 0.25) is 0 Å². The number of hydrogen-bond acceptors (Lipinski definition) is 2. The molecule has 2 aromatic rings. The van der Waals surface area contributed by atoms with Crippen LogP contribution in [0.5, 0.6) is 0 Å². The molecule has 3 rings (SSSR count). The van der Waals surface area contributed by atoms with Crippen LogP contribution < -0.4 is 11.2 Å². The standard InChI is InChI=1S/C17H22N2O2/c1-12-7-8-15-14(11-12)16(20)19(17(21)18-15)10-9-13-5-3-2-4-6-13/h7-8,11,13H,2-6,9-10H2,1H3,(H,18,21). The average molecular weight is 286 g/mol. The van der Waals surface area contributed by atoms with Crippen molar-refractivity contribution >= 4 is 10.9 Å². The van der Waals surface area contributed by atoms with Gasteiger partial charge in [0, 0.05) is 6.54 Å². The SMILES string of the molecule is Cc1ccc2[nH]c(=O)n(CCC3CCCCC3)c(=O)c2c1. The number of aromatic amines is 1. The zero-order chi connectivity index (χ0) is 14.8. The van der Waals surface area contributed by atoms with Crippen molar-refractivity contribution in [2.24, 2.45) is 5.92 Å². The number of hydrogen-bond donors (Lipinski definition) is 1. The van der Waals surface area contributed by atoms with E-state index in [0.29, 0.717) is 23.4 Å². The summed E-state index contributed by atoms with van der Waals surface area (Å²) in [4.78, 5) is 27.5. The molecule has 0 atom stereocenters. The number of nitrogens with zero attached hydrogens (tertiary/aromatic N) is 1. The first-order valence-corrected chi connectivity index (χ1v) is 7.88. The Balaban J connectivity index is 1.90. The molecule has 0 amide bonds. The number of rotatable bonds is 3. The van der Waals surface area contributed by atoms with Crippen molar-refractivity contribution in [3.05, 3.63) is 44.6 Å². The largest absolute Gasteiger partial charge is 0.328 e. The van der Waals surface area contributed by atoms with Crippen LogP contribution in [0, 0.1) is 12.8 Å². The molecule has 0 bridgehead atoms. The molecule has 1 aliphatic carbocycles. The predicted molar refractivity (Wildman–Crippen MR) is 84.8 cm³/mol. The highest BCUT2D eigenvalue weighted by molar-refractivity contribution is 5.77. The van der Waals surface area contributed by atoms with Crippen LogP contribution in [0.15, 0.2) is 27.8 Å². The van der Waals surface area contributed by atoms with Gasteiger partial charge in [-0.2, -0.15) is 0 Å². The molecule has 0 saturated heterocycles. The number of H-pyrrole nitrogens is 1. The van der Waals surface area contributed by atoms with Crippen molar-refractivity contribution in [2.45, 2.75) is 52.0 Å². The monoisotopic (exact) mass is 286 g/mol. The molecule has 1 fully saturated rings. The molecule has 21 heavy (non-hydrogen) atoms. The molecule has 1 heterocycles. The summed E-state index contributed by atoms with van der Waals surface area (Å²) in [5.41, 5.74) is 1.22. The summed E-state index contributed by atoms with van der Waals surface area (Å²) in [7, 11) is 0. The van der Waals surface area contributed by atoms with E-state index in [2.05, 4.69) is 4.98 Å². The van der Waals surface area contributed by atoms with Gasteiger partial charge in [-0.05, 0) is 31.4 Å². The van der Waals surface area contributed by atoms with Gasteiger partial charge >= 0.3 is 5.69 Å². The number of aryl methyl sites for hydroxylation is 1. The van der Waals surface area contributed by atoms with Gasteiger partial charge in [0.2, 0.25) is 0 Å². The smallest absolute Gasteiger partial charge is 0.307 e. The van der Waals surface area contributed by atoms with E-state index in [-0.39, 0.29) is 11.2 Å². The van der Waals surface area contributed by atoms with Crippen molar-refractivity contribution in [3.63, 3.8) is 0 Å². The van der Waals surface area contributed by atoms with Gasteiger partial charge in [-0.25, -0.2) is 4.79 Å². The molecule has 1 aromatic heterocycles. The second-order valence-electron chi connectivity index (χ2n) is 6.23. The maximum Gasteiger partial charge on any atom is 0.328 e. The summed E-state index contributed by atoms with van der Waals surface area (Å²) in [6.45, 7) is 2.49.